The minimum absolute atomic E-state index is 0.162. The molecule has 32 heavy (non-hydrogen) atoms. The molecule has 0 amide bonds. The molecule has 5 aliphatic rings. The maximum atomic E-state index is 13.7. The van der Waals surface area contributed by atoms with E-state index < -0.39 is 42.4 Å². The van der Waals surface area contributed by atoms with Crippen molar-refractivity contribution in [2.45, 2.75) is 114 Å². The zero-order valence-electron chi connectivity index (χ0n) is 20.1. The molecule has 0 aromatic heterocycles. The Bertz CT molecular complexity index is 754. The van der Waals surface area contributed by atoms with Crippen LogP contribution in [0.2, 0.25) is 0 Å². The monoisotopic (exact) mass is 493 g/mol. The summed E-state index contributed by atoms with van der Waals surface area (Å²) in [6, 6.07) is 0. The highest BCUT2D eigenvalue weighted by Crippen LogP contribution is 2.67. The topological polar surface area (TPSA) is 99.7 Å². The molecule has 5 fully saturated rings. The van der Waals surface area contributed by atoms with Crippen LogP contribution in [0.4, 0.5) is 0 Å². The van der Waals surface area contributed by atoms with Gasteiger partial charge in [0.1, 0.15) is 37.6 Å². The van der Waals surface area contributed by atoms with Gasteiger partial charge in [-0.2, -0.15) is 0 Å². The predicted molar refractivity (Wildman–Crippen MR) is 118 cm³/mol. The first-order valence-electron chi connectivity index (χ1n) is 11.3. The molecule has 0 aromatic carbocycles. The van der Waals surface area contributed by atoms with E-state index in [-0.39, 0.29) is 29.1 Å². The van der Waals surface area contributed by atoms with Gasteiger partial charge in [0, 0.05) is 5.41 Å². The van der Waals surface area contributed by atoms with Crippen molar-refractivity contribution in [2.75, 3.05) is 13.2 Å². The highest BCUT2D eigenvalue weighted by molar-refractivity contribution is 8.02. The Balaban J connectivity index is 1.38. The molecule has 0 spiro atoms. The molecule has 5 rings (SSSR count). The highest BCUT2D eigenvalue weighted by atomic mass is 32.2. The van der Waals surface area contributed by atoms with Crippen molar-refractivity contribution in [1.82, 2.24) is 5.32 Å². The standard InChI is InChI=1S/C21H36NO8PS/c1-18(2)9-24-31(23,25-10-18)17-19(3,4)32-15(22-17)13-11-12(28-20(5,6)27-11)14-16(26-13)30-21(7,8)29-14/h11-17,22H,9-10H2,1-8H3/t11-,12-,13+,14+,15+,16-,17-/m1/s1. The maximum absolute atomic E-state index is 13.7. The molecular weight excluding hydrogens is 457 g/mol. The maximum Gasteiger partial charge on any atom is 0.256 e. The van der Waals surface area contributed by atoms with Gasteiger partial charge in [0.2, 0.25) is 0 Å². The second-order valence-corrected chi connectivity index (χ2v) is 15.5. The number of ether oxygens (including phenoxy) is 5. The average Bonchev–Trinajstić information content (AvgIpc) is 3.25. The molecule has 0 unspecified atom stereocenters. The van der Waals surface area contributed by atoms with E-state index in [0.29, 0.717) is 13.2 Å². The van der Waals surface area contributed by atoms with Gasteiger partial charge in [-0.1, -0.05) is 13.8 Å². The summed E-state index contributed by atoms with van der Waals surface area (Å²) in [7, 11) is -3.36. The van der Waals surface area contributed by atoms with Gasteiger partial charge >= 0.3 is 0 Å². The van der Waals surface area contributed by atoms with Crippen LogP contribution in [0.5, 0.6) is 0 Å². The van der Waals surface area contributed by atoms with Crippen molar-refractivity contribution in [3.63, 3.8) is 0 Å². The summed E-state index contributed by atoms with van der Waals surface area (Å²) in [5.74, 6) is -2.02. The fourth-order valence-electron chi connectivity index (χ4n) is 5.06. The lowest BCUT2D eigenvalue weighted by Crippen LogP contribution is -2.60. The minimum atomic E-state index is -3.36. The lowest BCUT2D eigenvalue weighted by molar-refractivity contribution is -0.240. The van der Waals surface area contributed by atoms with Crippen LogP contribution in [0.15, 0.2) is 0 Å². The van der Waals surface area contributed by atoms with E-state index in [2.05, 4.69) is 19.2 Å². The van der Waals surface area contributed by atoms with Crippen LogP contribution < -0.4 is 10.2 Å². The Morgan fingerprint density at radius 2 is 1.31 bits per heavy atom. The summed E-state index contributed by atoms with van der Waals surface area (Å²) < 4.78 is 42.4. The van der Waals surface area contributed by atoms with Crippen LogP contribution in [0, 0.1) is 5.41 Å². The van der Waals surface area contributed by atoms with Crippen LogP contribution in [0.3, 0.4) is 0 Å². The van der Waals surface area contributed by atoms with Gasteiger partial charge in [-0.3, -0.25) is 5.32 Å². The van der Waals surface area contributed by atoms with Crippen molar-refractivity contribution in [2.24, 2.45) is 5.41 Å². The second-order valence-electron chi connectivity index (χ2n) is 11.6. The molecule has 5 aliphatic heterocycles. The molecule has 0 aromatic rings. The number of fused-ring (bicyclic) bond motifs is 3. The van der Waals surface area contributed by atoms with E-state index in [9.17, 15) is 4.89 Å². The Morgan fingerprint density at radius 3 is 1.94 bits per heavy atom. The lowest BCUT2D eigenvalue weighted by Gasteiger charge is -2.43. The van der Waals surface area contributed by atoms with Crippen molar-refractivity contribution >= 4 is 19.7 Å². The molecule has 0 saturated carbocycles. The van der Waals surface area contributed by atoms with Crippen molar-refractivity contribution in [3.8, 4) is 0 Å². The van der Waals surface area contributed by atoms with E-state index in [1.807, 2.05) is 41.5 Å². The van der Waals surface area contributed by atoms with Crippen molar-refractivity contribution in [1.29, 1.82) is 0 Å². The van der Waals surface area contributed by atoms with E-state index in [1.165, 1.54) is 0 Å². The average molecular weight is 494 g/mol. The number of rotatable bonds is 2. The highest BCUT2D eigenvalue weighted by Gasteiger charge is 2.66. The summed E-state index contributed by atoms with van der Waals surface area (Å²) in [5.41, 5.74) is -0.162. The summed E-state index contributed by atoms with van der Waals surface area (Å²) in [5, 5.41) is 3.30. The van der Waals surface area contributed by atoms with Gasteiger partial charge in [0.15, 0.2) is 23.6 Å². The summed E-state index contributed by atoms with van der Waals surface area (Å²) in [4.78, 5) is 13.7. The lowest BCUT2D eigenvalue weighted by atomic mass is 9.97. The van der Waals surface area contributed by atoms with E-state index >= 15 is 0 Å². The third kappa shape index (κ3) is 4.17. The molecule has 0 bridgehead atoms. The Hall–Kier alpha value is 0.420. The van der Waals surface area contributed by atoms with Gasteiger partial charge in [-0.05, 0) is 41.5 Å². The summed E-state index contributed by atoms with van der Waals surface area (Å²) in [6.07, 6.45) is -2.05. The first kappa shape index (κ1) is 24.1. The molecule has 0 radical (unpaired) electrons. The quantitative estimate of drug-likeness (QED) is 0.577. The van der Waals surface area contributed by atoms with Crippen LogP contribution in [-0.2, 0) is 32.7 Å². The zero-order valence-corrected chi connectivity index (χ0v) is 21.8. The largest absolute Gasteiger partial charge is 0.630 e. The van der Waals surface area contributed by atoms with Crippen LogP contribution in [0.1, 0.15) is 55.4 Å². The van der Waals surface area contributed by atoms with Gasteiger partial charge in [0.25, 0.3) is 7.94 Å². The van der Waals surface area contributed by atoms with Crippen LogP contribution in [-0.4, -0.2) is 71.4 Å². The normalized spacial score (nSPS) is 47.7. The molecule has 11 heteroatoms. The third-order valence-corrected chi connectivity index (χ3v) is 10.6. The molecular formula is C21H36NO8PS. The van der Waals surface area contributed by atoms with Crippen molar-refractivity contribution < 1.29 is 37.6 Å². The molecule has 0 aliphatic carbocycles. The fraction of sp³-hybridized carbons (Fsp3) is 1.00. The summed E-state index contributed by atoms with van der Waals surface area (Å²) in [6.45, 7) is 16.5. The number of nitrogens with one attached hydrogen (secondary N) is 1. The minimum Gasteiger partial charge on any atom is -0.630 e. The van der Waals surface area contributed by atoms with Gasteiger partial charge in [-0.25, -0.2) is 9.05 Å². The second kappa shape index (κ2) is 7.46. The molecule has 1 N–H and O–H groups in total. The van der Waals surface area contributed by atoms with Crippen LogP contribution in [0.25, 0.3) is 0 Å². The van der Waals surface area contributed by atoms with E-state index in [1.54, 1.807) is 11.8 Å². The Labute approximate surface area is 195 Å². The molecule has 5 heterocycles. The predicted octanol–water partition coefficient (Wildman–Crippen LogP) is 2.35. The van der Waals surface area contributed by atoms with Gasteiger partial charge < -0.3 is 28.6 Å². The smallest absolute Gasteiger partial charge is 0.256 e. The molecule has 184 valence electrons. The molecule has 9 nitrogen and oxygen atoms in total. The van der Waals surface area contributed by atoms with Crippen molar-refractivity contribution in [3.05, 3.63) is 0 Å². The van der Waals surface area contributed by atoms with E-state index in [4.69, 9.17) is 32.7 Å². The first-order chi connectivity index (χ1) is 14.6. The number of hydrogen-bond acceptors (Lipinski definition) is 10. The molecule has 7 atom stereocenters. The molecule has 5 saturated heterocycles. The number of hydrogen-bond donors (Lipinski definition) is 1. The zero-order chi connectivity index (χ0) is 23.3. The van der Waals surface area contributed by atoms with E-state index in [0.717, 1.165) is 0 Å². The Morgan fingerprint density at radius 1 is 0.781 bits per heavy atom. The Kier molecular flexibility index (Phi) is 5.63. The van der Waals surface area contributed by atoms with Crippen LogP contribution >= 0.6 is 19.7 Å². The summed E-state index contributed by atoms with van der Waals surface area (Å²) >= 11 is 1.66. The first-order valence-corrected chi connectivity index (χ1v) is 13.8. The number of thioether (sulfide) groups is 1. The van der Waals surface area contributed by atoms with Gasteiger partial charge in [0.05, 0.1) is 10.1 Å². The fourth-order valence-corrected chi connectivity index (χ4v) is 9.68. The third-order valence-electron chi connectivity index (χ3n) is 6.49. The van der Waals surface area contributed by atoms with Gasteiger partial charge in [-0.15, -0.1) is 11.8 Å². The SMILES string of the molecule is CC1(C)CO[P+]([O-])([C@H]2N[C@H]([C@H]3O[C@@H]4OC(C)(C)O[C@H]4[C@@H]4OC(C)(C)O[C@H]43)SC2(C)C)OC1.